The van der Waals surface area contributed by atoms with Crippen LogP contribution in [0.1, 0.15) is 0 Å². The van der Waals surface area contributed by atoms with E-state index in [-0.39, 0.29) is 0 Å². The second kappa shape index (κ2) is 7.50. The summed E-state index contributed by atoms with van der Waals surface area (Å²) in [6.07, 6.45) is 3.54. The van der Waals surface area contributed by atoms with E-state index in [0.717, 1.165) is 21.8 Å². The summed E-state index contributed by atoms with van der Waals surface area (Å²) in [5.74, 6) is 0. The van der Waals surface area contributed by atoms with Crippen molar-refractivity contribution in [1.82, 2.24) is 9.97 Å². The summed E-state index contributed by atoms with van der Waals surface area (Å²) >= 11 is 0. The Balaban J connectivity index is 1.36. The van der Waals surface area contributed by atoms with Crippen molar-refractivity contribution in [1.29, 1.82) is 0 Å². The lowest BCUT2D eigenvalue weighted by Crippen LogP contribution is -1.89. The van der Waals surface area contributed by atoms with Gasteiger partial charge in [-0.25, -0.2) is 0 Å². The average molecular weight is 433 g/mol. The second-order valence-electron chi connectivity index (χ2n) is 8.70. The summed E-state index contributed by atoms with van der Waals surface area (Å²) in [5, 5.41) is 7.23. The summed E-state index contributed by atoms with van der Waals surface area (Å²) < 4.78 is 0. The fraction of sp³-hybridized carbons (Fsp3) is 0. The summed E-state index contributed by atoms with van der Waals surface area (Å²) in [5.41, 5.74) is 6.77. The highest BCUT2D eigenvalue weighted by Gasteiger charge is 2.11. The van der Waals surface area contributed by atoms with Gasteiger partial charge < -0.3 is 0 Å². The Morgan fingerprint density at radius 3 is 1.62 bits per heavy atom. The Kier molecular flexibility index (Phi) is 4.18. The zero-order chi connectivity index (χ0) is 22.5. The first-order valence-electron chi connectivity index (χ1n) is 11.5. The predicted molar refractivity (Wildman–Crippen MR) is 143 cm³/mol. The summed E-state index contributed by atoms with van der Waals surface area (Å²) in [7, 11) is 0. The zero-order valence-corrected chi connectivity index (χ0v) is 18.4. The van der Waals surface area contributed by atoms with Crippen LogP contribution in [0.15, 0.2) is 122 Å². The molecule has 0 saturated carbocycles. The number of aromatic nitrogens is 2. The van der Waals surface area contributed by atoms with Crippen molar-refractivity contribution in [2.45, 2.75) is 0 Å². The molecule has 0 N–H and O–H groups in total. The molecule has 0 aliphatic rings. The van der Waals surface area contributed by atoms with Crippen LogP contribution in [0.2, 0.25) is 0 Å². The molecule has 0 radical (unpaired) electrons. The van der Waals surface area contributed by atoms with Gasteiger partial charge in [-0.1, -0.05) is 97.1 Å². The fourth-order valence-electron chi connectivity index (χ4n) is 5.03. The summed E-state index contributed by atoms with van der Waals surface area (Å²) in [4.78, 5) is 9.30. The lowest BCUT2D eigenvalue weighted by atomic mass is 9.94. The lowest BCUT2D eigenvalue weighted by molar-refractivity contribution is 1.31. The molecule has 0 bridgehead atoms. The first-order valence-corrected chi connectivity index (χ1v) is 11.5. The van der Waals surface area contributed by atoms with Gasteiger partial charge in [-0.05, 0) is 55.9 Å². The van der Waals surface area contributed by atoms with Gasteiger partial charge in [0.25, 0.3) is 0 Å². The van der Waals surface area contributed by atoms with Crippen molar-refractivity contribution in [3.8, 4) is 22.3 Å². The van der Waals surface area contributed by atoms with Crippen LogP contribution in [0.4, 0.5) is 0 Å². The molecule has 6 aromatic carbocycles. The third-order valence-electron chi connectivity index (χ3n) is 6.75. The van der Waals surface area contributed by atoms with Crippen LogP contribution in [0.3, 0.4) is 0 Å². The minimum atomic E-state index is 0.953. The Morgan fingerprint density at radius 2 is 0.882 bits per heavy atom. The minimum absolute atomic E-state index is 0.953. The maximum Gasteiger partial charge on any atom is 0.0971 e. The largest absolute Gasteiger partial charge is 0.252 e. The van der Waals surface area contributed by atoms with Crippen LogP contribution >= 0.6 is 0 Å². The first kappa shape index (κ1) is 19.0. The van der Waals surface area contributed by atoms with Crippen molar-refractivity contribution in [3.05, 3.63) is 122 Å². The van der Waals surface area contributed by atoms with E-state index in [1.54, 1.807) is 12.4 Å². The summed E-state index contributed by atoms with van der Waals surface area (Å²) in [6.45, 7) is 0. The quantitative estimate of drug-likeness (QED) is 0.256. The number of benzene rings is 6. The highest BCUT2D eigenvalue weighted by atomic mass is 14.8. The van der Waals surface area contributed by atoms with Gasteiger partial charge in [-0.15, -0.1) is 0 Å². The monoisotopic (exact) mass is 432 g/mol. The molecule has 2 heteroatoms. The molecule has 0 unspecified atom stereocenters. The molecule has 0 amide bonds. The van der Waals surface area contributed by atoms with E-state index in [0.29, 0.717) is 0 Å². The molecule has 0 spiro atoms. The fourth-order valence-corrected chi connectivity index (χ4v) is 5.03. The Bertz CT molecular complexity index is 1810. The van der Waals surface area contributed by atoms with Gasteiger partial charge in [-0.2, -0.15) is 0 Å². The molecule has 0 aliphatic heterocycles. The van der Waals surface area contributed by atoms with Gasteiger partial charge in [0.05, 0.1) is 11.0 Å². The number of fused-ring (bicyclic) bond motifs is 7. The standard InChI is InChI=1S/C32H20N2/c1-2-6-24-19-25(14-13-21(24)5-1)22-9-11-23(12-10-22)26-15-16-29-30(20-26)27-7-3-4-8-28(27)31-32(29)34-18-17-33-31/h1-20H. The van der Waals surface area contributed by atoms with E-state index in [2.05, 4.69) is 119 Å². The van der Waals surface area contributed by atoms with Crippen LogP contribution in [-0.4, -0.2) is 9.97 Å². The molecule has 34 heavy (non-hydrogen) atoms. The highest BCUT2D eigenvalue weighted by molar-refractivity contribution is 6.23. The smallest absolute Gasteiger partial charge is 0.0971 e. The Labute approximate surface area is 197 Å². The predicted octanol–water partition coefficient (Wildman–Crippen LogP) is 8.42. The van der Waals surface area contributed by atoms with Crippen LogP contribution < -0.4 is 0 Å². The van der Waals surface area contributed by atoms with Gasteiger partial charge in [0.15, 0.2) is 0 Å². The first-order chi connectivity index (χ1) is 16.8. The van der Waals surface area contributed by atoms with Crippen molar-refractivity contribution >= 4 is 43.4 Å². The molecule has 158 valence electrons. The van der Waals surface area contributed by atoms with Gasteiger partial charge >= 0.3 is 0 Å². The summed E-state index contributed by atoms with van der Waals surface area (Å²) in [6, 6.07) is 39.2. The molecule has 1 heterocycles. The molecule has 0 aliphatic carbocycles. The lowest BCUT2D eigenvalue weighted by Gasteiger charge is -2.11. The number of nitrogens with zero attached hydrogens (tertiary/aromatic N) is 2. The van der Waals surface area contributed by atoms with Crippen LogP contribution in [0.25, 0.3) is 65.6 Å². The molecule has 7 aromatic rings. The van der Waals surface area contributed by atoms with E-state index in [1.165, 1.54) is 43.8 Å². The van der Waals surface area contributed by atoms with E-state index in [1.807, 2.05) is 0 Å². The van der Waals surface area contributed by atoms with Gasteiger partial charge in [0, 0.05) is 23.2 Å². The van der Waals surface area contributed by atoms with Crippen molar-refractivity contribution in [2.75, 3.05) is 0 Å². The van der Waals surface area contributed by atoms with Crippen LogP contribution in [0.5, 0.6) is 0 Å². The van der Waals surface area contributed by atoms with Gasteiger partial charge in [0.1, 0.15) is 0 Å². The van der Waals surface area contributed by atoms with E-state index < -0.39 is 0 Å². The van der Waals surface area contributed by atoms with Crippen molar-refractivity contribution in [2.24, 2.45) is 0 Å². The molecule has 7 rings (SSSR count). The Hall–Kier alpha value is -4.56. The zero-order valence-electron chi connectivity index (χ0n) is 18.4. The topological polar surface area (TPSA) is 25.8 Å². The molecular formula is C32H20N2. The van der Waals surface area contributed by atoms with E-state index in [9.17, 15) is 0 Å². The third-order valence-corrected chi connectivity index (χ3v) is 6.75. The molecule has 1 aromatic heterocycles. The molecule has 0 atom stereocenters. The number of hydrogen-bond acceptors (Lipinski definition) is 2. The molecule has 2 nitrogen and oxygen atoms in total. The molecular weight excluding hydrogens is 412 g/mol. The SMILES string of the molecule is c1ccc2cc(-c3ccc(-c4ccc5c(c4)c4ccccc4c4nccnc54)cc3)ccc2c1. The van der Waals surface area contributed by atoms with Crippen molar-refractivity contribution in [3.63, 3.8) is 0 Å². The van der Waals surface area contributed by atoms with Crippen LogP contribution in [-0.2, 0) is 0 Å². The molecule has 0 saturated heterocycles. The van der Waals surface area contributed by atoms with E-state index in [4.69, 9.17) is 0 Å². The second-order valence-corrected chi connectivity index (χ2v) is 8.70. The maximum absolute atomic E-state index is 4.67. The average Bonchev–Trinajstić information content (AvgIpc) is 2.93. The van der Waals surface area contributed by atoms with Crippen LogP contribution in [0, 0.1) is 0 Å². The molecule has 0 fully saturated rings. The van der Waals surface area contributed by atoms with Gasteiger partial charge in [-0.3, -0.25) is 9.97 Å². The number of hydrogen-bond donors (Lipinski definition) is 0. The van der Waals surface area contributed by atoms with Crippen molar-refractivity contribution < 1.29 is 0 Å². The minimum Gasteiger partial charge on any atom is -0.252 e. The highest BCUT2D eigenvalue weighted by Crippen LogP contribution is 2.36. The third kappa shape index (κ3) is 2.96. The maximum atomic E-state index is 4.67. The van der Waals surface area contributed by atoms with Gasteiger partial charge in [0.2, 0.25) is 0 Å². The number of rotatable bonds is 2. The Morgan fingerprint density at radius 1 is 0.353 bits per heavy atom. The van der Waals surface area contributed by atoms with E-state index >= 15 is 0 Å². The normalized spacial score (nSPS) is 11.5.